The first kappa shape index (κ1) is 16.8. The second-order valence-electron chi connectivity index (χ2n) is 5.47. The molecule has 0 unspecified atom stereocenters. The Morgan fingerprint density at radius 1 is 1.19 bits per heavy atom. The van der Waals surface area contributed by atoms with E-state index in [4.69, 9.17) is 0 Å². The van der Waals surface area contributed by atoms with Gasteiger partial charge in [-0.1, -0.05) is 0 Å². The second-order valence-corrected chi connectivity index (χ2v) is 6.32. The summed E-state index contributed by atoms with van der Waals surface area (Å²) >= 11 is 1.30. The van der Waals surface area contributed by atoms with Crippen LogP contribution in [0.25, 0.3) is 17.1 Å². The van der Waals surface area contributed by atoms with Crippen LogP contribution in [-0.2, 0) is 11.3 Å². The zero-order valence-electron chi connectivity index (χ0n) is 13.9. The first-order valence-corrected chi connectivity index (χ1v) is 8.81. The Balaban J connectivity index is 1.48. The lowest BCUT2D eigenvalue weighted by Gasteiger charge is -2.06. The fraction of sp³-hybridized carbons (Fsp3) is 0.0588. The number of hydrogen-bond donors (Lipinski definition) is 1. The van der Waals surface area contributed by atoms with Crippen LogP contribution in [0.1, 0.15) is 0 Å². The third-order valence-corrected chi connectivity index (χ3v) is 4.35. The van der Waals surface area contributed by atoms with Gasteiger partial charge in [-0.3, -0.25) is 14.6 Å². The monoisotopic (exact) mass is 379 g/mol. The molecule has 1 amide bonds. The van der Waals surface area contributed by atoms with Crippen molar-refractivity contribution in [3.8, 4) is 17.1 Å². The van der Waals surface area contributed by atoms with Crippen LogP contribution in [0.4, 0.5) is 5.13 Å². The van der Waals surface area contributed by atoms with Crippen LogP contribution < -0.4 is 10.9 Å². The van der Waals surface area contributed by atoms with Gasteiger partial charge in [-0.2, -0.15) is 5.10 Å². The molecule has 27 heavy (non-hydrogen) atoms. The van der Waals surface area contributed by atoms with E-state index in [1.165, 1.54) is 22.1 Å². The average Bonchev–Trinajstić information content (AvgIpc) is 3.36. The van der Waals surface area contributed by atoms with Gasteiger partial charge >= 0.3 is 0 Å². The standard InChI is InChI=1S/C17H13N7O2S/c25-15(21-17-20-13(11-27-17)12-3-1-6-18-9-12)10-24-16(26)5-4-14(22-24)23-8-2-7-19-23/h1-9,11H,10H2,(H,20,21,25). The largest absolute Gasteiger partial charge is 0.300 e. The molecule has 1 N–H and O–H groups in total. The summed E-state index contributed by atoms with van der Waals surface area (Å²) in [5, 5.41) is 13.2. The molecule has 4 aromatic heterocycles. The van der Waals surface area contributed by atoms with E-state index in [1.54, 1.807) is 36.9 Å². The molecule has 4 aromatic rings. The maximum atomic E-state index is 12.3. The molecule has 4 rings (SSSR count). The zero-order chi connectivity index (χ0) is 18.6. The summed E-state index contributed by atoms with van der Waals surface area (Å²) in [5.74, 6) is 0.0508. The van der Waals surface area contributed by atoms with E-state index in [1.807, 2.05) is 17.5 Å². The third kappa shape index (κ3) is 3.80. The van der Waals surface area contributed by atoms with E-state index < -0.39 is 5.91 Å². The van der Waals surface area contributed by atoms with Gasteiger partial charge < -0.3 is 5.32 Å². The number of rotatable bonds is 5. The van der Waals surface area contributed by atoms with Crippen molar-refractivity contribution in [2.24, 2.45) is 0 Å². The predicted molar refractivity (Wildman–Crippen MR) is 99.6 cm³/mol. The zero-order valence-corrected chi connectivity index (χ0v) is 14.7. The van der Waals surface area contributed by atoms with Crippen molar-refractivity contribution in [1.82, 2.24) is 29.5 Å². The molecule has 10 heteroatoms. The van der Waals surface area contributed by atoms with E-state index in [9.17, 15) is 9.59 Å². The van der Waals surface area contributed by atoms with E-state index in [-0.39, 0.29) is 12.1 Å². The van der Waals surface area contributed by atoms with Crippen LogP contribution in [-0.4, -0.2) is 35.4 Å². The van der Waals surface area contributed by atoms with Crippen molar-refractivity contribution in [1.29, 1.82) is 0 Å². The minimum atomic E-state index is -0.394. The fourth-order valence-corrected chi connectivity index (χ4v) is 3.09. The Morgan fingerprint density at radius 3 is 2.89 bits per heavy atom. The highest BCUT2D eigenvalue weighted by Gasteiger charge is 2.11. The van der Waals surface area contributed by atoms with Crippen LogP contribution in [0.3, 0.4) is 0 Å². The Labute approximate surface area is 157 Å². The summed E-state index contributed by atoms with van der Waals surface area (Å²) in [5.41, 5.74) is 1.20. The maximum absolute atomic E-state index is 12.3. The minimum absolute atomic E-state index is 0.226. The van der Waals surface area contributed by atoms with Crippen molar-refractivity contribution < 1.29 is 4.79 Å². The number of hydrogen-bond acceptors (Lipinski definition) is 7. The van der Waals surface area contributed by atoms with Crippen LogP contribution in [0, 0.1) is 0 Å². The van der Waals surface area contributed by atoms with Crippen molar-refractivity contribution >= 4 is 22.4 Å². The number of nitrogens with zero attached hydrogens (tertiary/aromatic N) is 6. The van der Waals surface area contributed by atoms with Crippen LogP contribution >= 0.6 is 11.3 Å². The number of nitrogens with one attached hydrogen (secondary N) is 1. The molecule has 0 radical (unpaired) electrons. The average molecular weight is 379 g/mol. The van der Waals surface area contributed by atoms with Crippen molar-refractivity contribution in [2.45, 2.75) is 6.54 Å². The Bertz CT molecular complexity index is 1120. The first-order chi connectivity index (χ1) is 13.2. The summed E-state index contributed by atoms with van der Waals surface area (Å²) in [7, 11) is 0. The highest BCUT2D eigenvalue weighted by molar-refractivity contribution is 7.14. The molecule has 0 spiro atoms. The summed E-state index contributed by atoms with van der Waals surface area (Å²) in [6.07, 6.45) is 6.68. The fourth-order valence-electron chi connectivity index (χ4n) is 2.35. The molecule has 0 saturated heterocycles. The van der Waals surface area contributed by atoms with Gasteiger partial charge in [0.05, 0.1) is 5.69 Å². The summed E-state index contributed by atoms with van der Waals surface area (Å²) < 4.78 is 2.59. The Hall–Kier alpha value is -3.66. The summed E-state index contributed by atoms with van der Waals surface area (Å²) in [4.78, 5) is 32.7. The van der Waals surface area contributed by atoms with Crippen molar-refractivity contribution in [2.75, 3.05) is 5.32 Å². The quantitative estimate of drug-likeness (QED) is 0.564. The Morgan fingerprint density at radius 2 is 2.11 bits per heavy atom. The van der Waals surface area contributed by atoms with Gasteiger partial charge in [0.25, 0.3) is 5.56 Å². The van der Waals surface area contributed by atoms with E-state index >= 15 is 0 Å². The molecule has 0 aliphatic heterocycles. The van der Waals surface area contributed by atoms with Crippen LogP contribution in [0.5, 0.6) is 0 Å². The molecular formula is C17H13N7O2S. The molecule has 134 valence electrons. The number of amides is 1. The predicted octanol–water partition coefficient (Wildman–Crippen LogP) is 1.59. The van der Waals surface area contributed by atoms with Crippen molar-refractivity contribution in [3.05, 3.63) is 70.9 Å². The second kappa shape index (κ2) is 7.30. The normalized spacial score (nSPS) is 10.7. The number of thiazole rings is 1. The molecule has 0 fully saturated rings. The van der Waals surface area contributed by atoms with E-state index in [0.29, 0.717) is 10.9 Å². The Kier molecular flexibility index (Phi) is 4.54. The molecule has 4 heterocycles. The SMILES string of the molecule is O=C(Cn1nc(-n2cccn2)ccc1=O)Nc1nc(-c2cccnc2)cs1. The van der Waals surface area contributed by atoms with E-state index in [0.717, 1.165) is 15.9 Å². The molecule has 0 saturated carbocycles. The molecule has 0 bridgehead atoms. The lowest BCUT2D eigenvalue weighted by atomic mass is 10.2. The van der Waals surface area contributed by atoms with Crippen LogP contribution in [0.2, 0.25) is 0 Å². The smallest absolute Gasteiger partial charge is 0.267 e. The van der Waals surface area contributed by atoms with Gasteiger partial charge in [-0.15, -0.1) is 16.4 Å². The molecular weight excluding hydrogens is 366 g/mol. The molecule has 0 atom stereocenters. The summed E-state index contributed by atoms with van der Waals surface area (Å²) in [6.45, 7) is -0.226. The van der Waals surface area contributed by atoms with Gasteiger partial charge in [0.2, 0.25) is 5.91 Å². The molecule has 0 aliphatic carbocycles. The van der Waals surface area contributed by atoms with Crippen LogP contribution in [0.15, 0.2) is 65.3 Å². The lowest BCUT2D eigenvalue weighted by Crippen LogP contribution is -2.30. The van der Waals surface area contributed by atoms with Gasteiger partial charge in [-0.25, -0.2) is 14.3 Å². The highest BCUT2D eigenvalue weighted by atomic mass is 32.1. The number of carbonyl (C=O) groups excluding carboxylic acids is 1. The number of pyridine rings is 1. The van der Waals surface area contributed by atoms with Gasteiger partial charge in [0, 0.05) is 41.8 Å². The maximum Gasteiger partial charge on any atom is 0.267 e. The van der Waals surface area contributed by atoms with Gasteiger partial charge in [0.15, 0.2) is 10.9 Å². The summed E-state index contributed by atoms with van der Waals surface area (Å²) in [6, 6.07) is 8.34. The lowest BCUT2D eigenvalue weighted by molar-refractivity contribution is -0.117. The minimum Gasteiger partial charge on any atom is -0.300 e. The third-order valence-electron chi connectivity index (χ3n) is 3.59. The first-order valence-electron chi connectivity index (χ1n) is 7.93. The number of anilines is 1. The topological polar surface area (TPSA) is 108 Å². The van der Waals surface area contributed by atoms with Crippen molar-refractivity contribution in [3.63, 3.8) is 0 Å². The number of carbonyl (C=O) groups is 1. The van der Waals surface area contributed by atoms with E-state index in [2.05, 4.69) is 25.5 Å². The molecule has 9 nitrogen and oxygen atoms in total. The van der Waals surface area contributed by atoms with Gasteiger partial charge in [-0.05, 0) is 24.3 Å². The molecule has 0 aromatic carbocycles. The molecule has 0 aliphatic rings. The van der Waals surface area contributed by atoms with Gasteiger partial charge in [0.1, 0.15) is 6.54 Å². The number of aromatic nitrogens is 6. The highest BCUT2D eigenvalue weighted by Crippen LogP contribution is 2.23.